The Labute approximate surface area is 120 Å². The van der Waals surface area contributed by atoms with Gasteiger partial charge in [-0.3, -0.25) is 4.79 Å². The lowest BCUT2D eigenvalue weighted by Crippen LogP contribution is -2.26. The van der Waals surface area contributed by atoms with Crippen molar-refractivity contribution in [3.8, 4) is 5.75 Å². The molecule has 0 fully saturated rings. The fraction of sp³-hybridized carbons (Fsp3) is 0.214. The van der Waals surface area contributed by atoms with Crippen LogP contribution in [0.4, 0.5) is 14.5 Å². The van der Waals surface area contributed by atoms with Crippen LogP contribution in [-0.4, -0.2) is 29.5 Å². The molecule has 1 amide bonds. The number of nitrogens with one attached hydrogen (secondary N) is 1. The van der Waals surface area contributed by atoms with Crippen LogP contribution >= 0.6 is 0 Å². The number of alkyl halides is 2. The number of nitrogens with zero attached hydrogens (tertiary/aromatic N) is 1. The van der Waals surface area contributed by atoms with Crippen molar-refractivity contribution < 1.29 is 18.3 Å². The lowest BCUT2D eigenvalue weighted by atomic mass is 10.2. The highest BCUT2D eigenvalue weighted by molar-refractivity contribution is 5.93. The minimum absolute atomic E-state index is 0.0832. The van der Waals surface area contributed by atoms with E-state index in [2.05, 4.69) is 9.72 Å². The van der Waals surface area contributed by atoms with Gasteiger partial charge in [0, 0.05) is 25.5 Å². The fourth-order valence-corrected chi connectivity index (χ4v) is 1.86. The highest BCUT2D eigenvalue weighted by Crippen LogP contribution is 2.16. The maximum atomic E-state index is 12.1. The number of aromatic amines is 1. The maximum Gasteiger partial charge on any atom is 0.387 e. The Morgan fingerprint density at radius 3 is 2.57 bits per heavy atom. The molecule has 0 atom stereocenters. The number of ether oxygens (including phenoxy) is 1. The van der Waals surface area contributed by atoms with Crippen molar-refractivity contribution in [1.82, 2.24) is 9.88 Å². The van der Waals surface area contributed by atoms with Crippen molar-refractivity contribution in [3.63, 3.8) is 0 Å². The summed E-state index contributed by atoms with van der Waals surface area (Å²) in [6.45, 7) is -2.51. The number of halogens is 2. The van der Waals surface area contributed by atoms with Crippen LogP contribution in [0.25, 0.3) is 0 Å². The standard InChI is InChI=1S/C14H15F2N3O2/c1-19(13(20)12-6-10(17)7-18-12)8-9-2-4-11(5-3-9)21-14(15)16/h2-7,14,18H,8,17H2,1H3. The van der Waals surface area contributed by atoms with E-state index in [1.807, 2.05) is 0 Å². The highest BCUT2D eigenvalue weighted by Gasteiger charge is 2.13. The molecule has 0 radical (unpaired) electrons. The molecule has 2 aromatic rings. The zero-order chi connectivity index (χ0) is 15.4. The molecule has 0 bridgehead atoms. The molecule has 1 aromatic carbocycles. The molecule has 2 rings (SSSR count). The molecule has 0 saturated heterocycles. The van der Waals surface area contributed by atoms with Gasteiger partial charge in [0.2, 0.25) is 0 Å². The molecule has 0 aliphatic carbocycles. The first-order valence-corrected chi connectivity index (χ1v) is 6.19. The van der Waals surface area contributed by atoms with Crippen LogP contribution < -0.4 is 10.5 Å². The normalized spacial score (nSPS) is 10.7. The fourth-order valence-electron chi connectivity index (χ4n) is 1.86. The largest absolute Gasteiger partial charge is 0.435 e. The van der Waals surface area contributed by atoms with Gasteiger partial charge in [-0.05, 0) is 23.8 Å². The summed E-state index contributed by atoms with van der Waals surface area (Å²) in [5, 5.41) is 0. The number of anilines is 1. The van der Waals surface area contributed by atoms with Gasteiger partial charge in [0.1, 0.15) is 11.4 Å². The molecule has 0 aliphatic heterocycles. The van der Waals surface area contributed by atoms with E-state index in [-0.39, 0.29) is 11.7 Å². The number of hydrogen-bond donors (Lipinski definition) is 2. The van der Waals surface area contributed by atoms with Crippen LogP contribution in [-0.2, 0) is 6.54 Å². The summed E-state index contributed by atoms with van der Waals surface area (Å²) >= 11 is 0. The van der Waals surface area contributed by atoms with Crippen molar-refractivity contribution >= 4 is 11.6 Å². The molecule has 0 spiro atoms. The van der Waals surface area contributed by atoms with Gasteiger partial charge >= 0.3 is 6.61 Å². The number of aromatic nitrogens is 1. The minimum atomic E-state index is -2.85. The Bertz CT molecular complexity index is 611. The minimum Gasteiger partial charge on any atom is -0.435 e. The molecular weight excluding hydrogens is 280 g/mol. The van der Waals surface area contributed by atoms with E-state index in [9.17, 15) is 13.6 Å². The number of hydrogen-bond acceptors (Lipinski definition) is 3. The van der Waals surface area contributed by atoms with Crippen LogP contribution in [0.2, 0.25) is 0 Å². The van der Waals surface area contributed by atoms with Gasteiger partial charge in [-0.1, -0.05) is 12.1 Å². The van der Waals surface area contributed by atoms with E-state index < -0.39 is 6.61 Å². The average Bonchev–Trinajstić information content (AvgIpc) is 2.86. The first kappa shape index (κ1) is 14.8. The molecule has 1 heterocycles. The highest BCUT2D eigenvalue weighted by atomic mass is 19.3. The van der Waals surface area contributed by atoms with Crippen molar-refractivity contribution in [2.24, 2.45) is 0 Å². The number of benzene rings is 1. The van der Waals surface area contributed by atoms with E-state index in [4.69, 9.17) is 5.73 Å². The number of carbonyl (C=O) groups is 1. The molecule has 5 nitrogen and oxygen atoms in total. The van der Waals surface area contributed by atoms with E-state index in [0.29, 0.717) is 17.9 Å². The van der Waals surface area contributed by atoms with E-state index in [1.54, 1.807) is 25.2 Å². The van der Waals surface area contributed by atoms with Crippen LogP contribution in [0.3, 0.4) is 0 Å². The lowest BCUT2D eigenvalue weighted by molar-refractivity contribution is -0.0498. The smallest absolute Gasteiger partial charge is 0.387 e. The first-order valence-electron chi connectivity index (χ1n) is 6.19. The number of rotatable bonds is 5. The van der Waals surface area contributed by atoms with E-state index >= 15 is 0 Å². The summed E-state index contributed by atoms with van der Waals surface area (Å²) in [5.41, 5.74) is 7.23. The van der Waals surface area contributed by atoms with E-state index in [0.717, 1.165) is 5.56 Å². The summed E-state index contributed by atoms with van der Waals surface area (Å²) in [7, 11) is 1.64. The predicted octanol–water partition coefficient (Wildman–Crippen LogP) is 2.47. The van der Waals surface area contributed by atoms with Crippen LogP contribution in [0, 0.1) is 0 Å². The summed E-state index contributed by atoms with van der Waals surface area (Å²) < 4.78 is 28.3. The second kappa shape index (κ2) is 6.25. The zero-order valence-corrected chi connectivity index (χ0v) is 11.3. The average molecular weight is 295 g/mol. The third kappa shape index (κ3) is 3.95. The number of nitrogen functional groups attached to an aromatic ring is 1. The SMILES string of the molecule is CN(Cc1ccc(OC(F)F)cc1)C(=O)c1cc(N)c[nH]1. The van der Waals surface area contributed by atoms with Gasteiger partial charge in [-0.25, -0.2) is 0 Å². The van der Waals surface area contributed by atoms with Crippen molar-refractivity contribution in [3.05, 3.63) is 47.8 Å². The Morgan fingerprint density at radius 1 is 1.38 bits per heavy atom. The van der Waals surface area contributed by atoms with Gasteiger partial charge in [0.15, 0.2) is 0 Å². The maximum absolute atomic E-state index is 12.1. The summed E-state index contributed by atoms with van der Waals surface area (Å²) in [6.07, 6.45) is 1.54. The molecule has 0 unspecified atom stereocenters. The second-order valence-electron chi connectivity index (χ2n) is 4.53. The molecule has 0 aliphatic rings. The monoisotopic (exact) mass is 295 g/mol. The molecular formula is C14H15F2N3O2. The summed E-state index contributed by atoms with van der Waals surface area (Å²) in [4.78, 5) is 16.4. The Hall–Kier alpha value is -2.57. The predicted molar refractivity (Wildman–Crippen MR) is 74.1 cm³/mol. The Morgan fingerprint density at radius 2 is 2.05 bits per heavy atom. The van der Waals surface area contributed by atoms with Gasteiger partial charge in [-0.2, -0.15) is 8.78 Å². The number of nitrogens with two attached hydrogens (primary N) is 1. The van der Waals surface area contributed by atoms with E-state index in [1.165, 1.54) is 23.2 Å². The van der Waals surface area contributed by atoms with Gasteiger partial charge in [0.25, 0.3) is 5.91 Å². The molecule has 7 heteroatoms. The quantitative estimate of drug-likeness (QED) is 0.890. The third-order valence-electron chi connectivity index (χ3n) is 2.85. The molecule has 0 saturated carbocycles. The lowest BCUT2D eigenvalue weighted by Gasteiger charge is -2.16. The van der Waals surface area contributed by atoms with Gasteiger partial charge in [0.05, 0.1) is 0 Å². The third-order valence-corrected chi connectivity index (χ3v) is 2.85. The number of amides is 1. The topological polar surface area (TPSA) is 71.3 Å². The first-order chi connectivity index (χ1) is 9.95. The molecule has 21 heavy (non-hydrogen) atoms. The molecule has 1 aromatic heterocycles. The van der Waals surface area contributed by atoms with Gasteiger partial charge in [-0.15, -0.1) is 0 Å². The zero-order valence-electron chi connectivity index (χ0n) is 11.3. The van der Waals surface area contributed by atoms with Crippen LogP contribution in [0.1, 0.15) is 16.1 Å². The van der Waals surface area contributed by atoms with Crippen LogP contribution in [0.15, 0.2) is 36.5 Å². The Kier molecular flexibility index (Phi) is 4.42. The number of carbonyl (C=O) groups excluding carboxylic acids is 1. The second-order valence-corrected chi connectivity index (χ2v) is 4.53. The van der Waals surface area contributed by atoms with Gasteiger partial charge < -0.3 is 20.4 Å². The Balaban J connectivity index is 1.99. The summed E-state index contributed by atoms with van der Waals surface area (Å²) in [6, 6.07) is 7.69. The van der Waals surface area contributed by atoms with Crippen molar-refractivity contribution in [2.45, 2.75) is 13.2 Å². The number of H-pyrrole nitrogens is 1. The van der Waals surface area contributed by atoms with Crippen molar-refractivity contribution in [2.75, 3.05) is 12.8 Å². The van der Waals surface area contributed by atoms with Crippen LogP contribution in [0.5, 0.6) is 5.75 Å². The summed E-state index contributed by atoms with van der Waals surface area (Å²) in [5.74, 6) is -0.125. The molecule has 112 valence electrons. The molecule has 3 N–H and O–H groups in total. The van der Waals surface area contributed by atoms with Crippen molar-refractivity contribution in [1.29, 1.82) is 0 Å².